The van der Waals surface area contributed by atoms with Crippen LogP contribution < -0.4 is 10.6 Å². The Morgan fingerprint density at radius 2 is 2.00 bits per heavy atom. The van der Waals surface area contributed by atoms with Crippen molar-refractivity contribution < 1.29 is 14.4 Å². The summed E-state index contributed by atoms with van der Waals surface area (Å²) in [6.07, 6.45) is 1.47. The first-order valence-corrected chi connectivity index (χ1v) is 5.35. The zero-order valence-electron chi connectivity index (χ0n) is 10.0. The molecule has 0 atom stereocenters. The van der Waals surface area contributed by atoms with Gasteiger partial charge < -0.3 is 10.6 Å². The summed E-state index contributed by atoms with van der Waals surface area (Å²) in [6, 6.07) is 6.38. The lowest BCUT2D eigenvalue weighted by molar-refractivity contribution is -0.136. The SMILES string of the molecule is C=CCNC(=O)C(=O)Nc1cccc(C(C)=O)c1. The second-order valence-corrected chi connectivity index (χ2v) is 3.59. The van der Waals surface area contributed by atoms with Gasteiger partial charge in [-0.15, -0.1) is 6.58 Å². The number of carbonyl (C=O) groups excluding carboxylic acids is 3. The summed E-state index contributed by atoms with van der Waals surface area (Å²) in [4.78, 5) is 33.9. The maximum Gasteiger partial charge on any atom is 0.313 e. The highest BCUT2D eigenvalue weighted by molar-refractivity contribution is 6.39. The van der Waals surface area contributed by atoms with E-state index in [1.54, 1.807) is 18.2 Å². The van der Waals surface area contributed by atoms with E-state index < -0.39 is 11.8 Å². The van der Waals surface area contributed by atoms with Gasteiger partial charge in [0.25, 0.3) is 0 Å². The molecule has 0 spiro atoms. The highest BCUT2D eigenvalue weighted by Gasteiger charge is 2.12. The number of hydrogen-bond donors (Lipinski definition) is 2. The van der Waals surface area contributed by atoms with Crippen LogP contribution in [0.15, 0.2) is 36.9 Å². The summed E-state index contributed by atoms with van der Waals surface area (Å²) in [5.74, 6) is -1.64. The van der Waals surface area contributed by atoms with Crippen molar-refractivity contribution in [3.8, 4) is 0 Å². The molecule has 0 saturated carbocycles. The first-order chi connectivity index (χ1) is 8.54. The van der Waals surface area contributed by atoms with Crippen LogP contribution in [0.2, 0.25) is 0 Å². The van der Waals surface area contributed by atoms with Gasteiger partial charge >= 0.3 is 11.8 Å². The first-order valence-electron chi connectivity index (χ1n) is 5.35. The summed E-state index contributed by atoms with van der Waals surface area (Å²) in [5, 5.41) is 4.76. The minimum atomic E-state index is -0.780. The van der Waals surface area contributed by atoms with Gasteiger partial charge in [-0.2, -0.15) is 0 Å². The molecule has 0 aliphatic carbocycles. The normalized spacial score (nSPS) is 9.39. The average Bonchev–Trinajstić information content (AvgIpc) is 2.36. The quantitative estimate of drug-likeness (QED) is 0.475. The topological polar surface area (TPSA) is 75.3 Å². The van der Waals surface area contributed by atoms with Gasteiger partial charge in [0, 0.05) is 17.8 Å². The molecule has 0 radical (unpaired) electrons. The Hall–Kier alpha value is -2.43. The van der Waals surface area contributed by atoms with E-state index >= 15 is 0 Å². The fourth-order valence-electron chi connectivity index (χ4n) is 1.25. The van der Waals surface area contributed by atoms with Crippen LogP contribution in [0.1, 0.15) is 17.3 Å². The van der Waals surface area contributed by atoms with Crippen molar-refractivity contribution >= 4 is 23.3 Å². The third-order valence-corrected chi connectivity index (χ3v) is 2.14. The smallest absolute Gasteiger partial charge is 0.313 e. The summed E-state index contributed by atoms with van der Waals surface area (Å²) in [6.45, 7) is 5.07. The maximum absolute atomic E-state index is 11.5. The Morgan fingerprint density at radius 1 is 1.28 bits per heavy atom. The average molecular weight is 246 g/mol. The first kappa shape index (κ1) is 13.6. The molecule has 0 heterocycles. The maximum atomic E-state index is 11.5. The number of nitrogens with one attached hydrogen (secondary N) is 2. The van der Waals surface area contributed by atoms with Gasteiger partial charge in [0.1, 0.15) is 0 Å². The minimum Gasteiger partial charge on any atom is -0.344 e. The molecule has 1 aromatic rings. The number of benzene rings is 1. The predicted octanol–water partition coefficient (Wildman–Crippen LogP) is 1.13. The van der Waals surface area contributed by atoms with E-state index in [9.17, 15) is 14.4 Å². The lowest BCUT2D eigenvalue weighted by atomic mass is 10.1. The van der Waals surface area contributed by atoms with Gasteiger partial charge in [-0.1, -0.05) is 18.2 Å². The molecule has 0 unspecified atom stereocenters. The number of carbonyl (C=O) groups is 3. The molecule has 1 rings (SSSR count). The molecule has 0 saturated heterocycles. The van der Waals surface area contributed by atoms with Crippen LogP contribution in [0.4, 0.5) is 5.69 Å². The molecule has 18 heavy (non-hydrogen) atoms. The van der Waals surface area contributed by atoms with Crippen LogP contribution in [-0.2, 0) is 9.59 Å². The molecule has 5 nitrogen and oxygen atoms in total. The number of amides is 2. The molecular formula is C13H14N2O3. The van der Waals surface area contributed by atoms with E-state index in [1.165, 1.54) is 19.1 Å². The molecule has 0 bridgehead atoms. The lowest BCUT2D eigenvalue weighted by Crippen LogP contribution is -2.35. The Bertz CT molecular complexity index is 495. The summed E-state index contributed by atoms with van der Waals surface area (Å²) in [5.41, 5.74) is 0.876. The van der Waals surface area contributed by atoms with Crippen molar-refractivity contribution in [2.24, 2.45) is 0 Å². The molecule has 5 heteroatoms. The van der Waals surface area contributed by atoms with E-state index in [4.69, 9.17) is 0 Å². The standard InChI is InChI=1S/C13H14N2O3/c1-3-7-14-12(17)13(18)15-11-6-4-5-10(8-11)9(2)16/h3-6,8H,1,7H2,2H3,(H,14,17)(H,15,18). The molecule has 0 aliphatic rings. The van der Waals surface area contributed by atoms with Gasteiger partial charge in [0.15, 0.2) is 5.78 Å². The molecule has 94 valence electrons. The van der Waals surface area contributed by atoms with Crippen molar-refractivity contribution in [3.63, 3.8) is 0 Å². The van der Waals surface area contributed by atoms with E-state index in [0.29, 0.717) is 11.3 Å². The molecular weight excluding hydrogens is 232 g/mol. The van der Waals surface area contributed by atoms with Gasteiger partial charge in [0.2, 0.25) is 0 Å². The van der Waals surface area contributed by atoms with Gasteiger partial charge in [0.05, 0.1) is 0 Å². The Balaban J connectivity index is 2.69. The van der Waals surface area contributed by atoms with E-state index in [0.717, 1.165) is 0 Å². The van der Waals surface area contributed by atoms with Crippen molar-refractivity contribution in [1.29, 1.82) is 0 Å². The van der Waals surface area contributed by atoms with Gasteiger partial charge in [-0.3, -0.25) is 14.4 Å². The summed E-state index contributed by atoms with van der Waals surface area (Å²) < 4.78 is 0. The number of rotatable bonds is 4. The van der Waals surface area contributed by atoms with Crippen LogP contribution in [0.25, 0.3) is 0 Å². The number of hydrogen-bond acceptors (Lipinski definition) is 3. The Labute approximate surface area is 105 Å². The number of ketones is 1. The van der Waals surface area contributed by atoms with E-state index in [1.807, 2.05) is 0 Å². The third-order valence-electron chi connectivity index (χ3n) is 2.14. The van der Waals surface area contributed by atoms with Crippen LogP contribution >= 0.6 is 0 Å². The number of anilines is 1. The largest absolute Gasteiger partial charge is 0.344 e. The fraction of sp³-hybridized carbons (Fsp3) is 0.154. The summed E-state index contributed by atoms with van der Waals surface area (Å²) in [7, 11) is 0. The molecule has 0 aliphatic heterocycles. The lowest BCUT2D eigenvalue weighted by Gasteiger charge is -2.06. The van der Waals surface area contributed by atoms with Gasteiger partial charge in [-0.05, 0) is 19.1 Å². The molecule has 2 amide bonds. The van der Waals surface area contributed by atoms with Crippen molar-refractivity contribution in [1.82, 2.24) is 5.32 Å². The van der Waals surface area contributed by atoms with Gasteiger partial charge in [-0.25, -0.2) is 0 Å². The molecule has 2 N–H and O–H groups in total. The molecule has 0 fully saturated rings. The van der Waals surface area contributed by atoms with Crippen molar-refractivity contribution in [3.05, 3.63) is 42.5 Å². The number of Topliss-reactive ketones (excluding diaryl/α,β-unsaturated/α-hetero) is 1. The van der Waals surface area contributed by atoms with E-state index in [2.05, 4.69) is 17.2 Å². The molecule has 1 aromatic carbocycles. The zero-order chi connectivity index (χ0) is 13.5. The highest BCUT2D eigenvalue weighted by Crippen LogP contribution is 2.10. The second kappa shape index (κ2) is 6.34. The predicted molar refractivity (Wildman–Crippen MR) is 68.3 cm³/mol. The van der Waals surface area contributed by atoms with E-state index in [-0.39, 0.29) is 12.3 Å². The van der Waals surface area contributed by atoms with Crippen LogP contribution in [-0.4, -0.2) is 24.1 Å². The van der Waals surface area contributed by atoms with Crippen LogP contribution in [0.5, 0.6) is 0 Å². The Morgan fingerprint density at radius 3 is 2.61 bits per heavy atom. The van der Waals surface area contributed by atoms with Crippen molar-refractivity contribution in [2.45, 2.75) is 6.92 Å². The zero-order valence-corrected chi connectivity index (χ0v) is 10.0. The minimum absolute atomic E-state index is 0.109. The second-order valence-electron chi connectivity index (χ2n) is 3.59. The fourth-order valence-corrected chi connectivity index (χ4v) is 1.25. The highest BCUT2D eigenvalue weighted by atomic mass is 16.2. The van der Waals surface area contributed by atoms with Crippen LogP contribution in [0, 0.1) is 0 Å². The Kier molecular flexibility index (Phi) is 4.80. The monoisotopic (exact) mass is 246 g/mol. The third kappa shape index (κ3) is 3.86. The molecule has 0 aromatic heterocycles. The van der Waals surface area contributed by atoms with Crippen LogP contribution in [0.3, 0.4) is 0 Å². The van der Waals surface area contributed by atoms with Crippen molar-refractivity contribution in [2.75, 3.05) is 11.9 Å². The summed E-state index contributed by atoms with van der Waals surface area (Å²) >= 11 is 0.